The molecule has 2 bridgehead atoms. The van der Waals surface area contributed by atoms with Crippen molar-refractivity contribution in [3.05, 3.63) is 59.9 Å². The normalized spacial score (nSPS) is 31.7. The SMILES string of the molecule is N#CCOc1ccc(C2=NO[C@H]3[C@H]4C[C@@H]([C@@H]23)[C@@H]2C(=O)N(Cc3cccnc3)C(=O)[C@H]42)cc1. The highest BCUT2D eigenvalue weighted by atomic mass is 16.6. The van der Waals surface area contributed by atoms with Crippen molar-refractivity contribution in [2.75, 3.05) is 6.61 Å². The van der Waals surface area contributed by atoms with Gasteiger partial charge < -0.3 is 9.57 Å². The summed E-state index contributed by atoms with van der Waals surface area (Å²) in [5.41, 5.74) is 2.59. The largest absolute Gasteiger partial charge is 0.479 e. The molecule has 6 atom stereocenters. The summed E-state index contributed by atoms with van der Waals surface area (Å²) in [6.07, 6.45) is 4.01. The zero-order valence-corrected chi connectivity index (χ0v) is 17.1. The maximum atomic E-state index is 13.3. The van der Waals surface area contributed by atoms with Crippen molar-refractivity contribution in [3.8, 4) is 11.8 Å². The molecular formula is C24H20N4O4. The molecule has 160 valence electrons. The van der Waals surface area contributed by atoms with Gasteiger partial charge in [0.25, 0.3) is 0 Å². The first kappa shape index (κ1) is 19.0. The molecule has 0 unspecified atom stereocenters. The minimum Gasteiger partial charge on any atom is -0.479 e. The molecule has 1 saturated heterocycles. The fourth-order valence-electron chi connectivity index (χ4n) is 6.09. The number of amides is 2. The van der Waals surface area contributed by atoms with Crippen molar-refractivity contribution in [1.29, 1.82) is 5.26 Å². The van der Waals surface area contributed by atoms with Crippen LogP contribution in [0, 0.1) is 40.9 Å². The lowest BCUT2D eigenvalue weighted by molar-refractivity contribution is -0.141. The number of rotatable bonds is 5. The predicted octanol–water partition coefficient (Wildman–Crippen LogP) is 2.15. The Hall–Kier alpha value is -3.73. The summed E-state index contributed by atoms with van der Waals surface area (Å²) in [4.78, 5) is 37.9. The van der Waals surface area contributed by atoms with Crippen LogP contribution in [0.5, 0.6) is 5.75 Å². The molecule has 3 heterocycles. The molecule has 2 saturated carbocycles. The Bertz CT molecular complexity index is 1160. The van der Waals surface area contributed by atoms with E-state index in [2.05, 4.69) is 10.1 Å². The lowest BCUT2D eigenvalue weighted by Gasteiger charge is -2.29. The third kappa shape index (κ3) is 2.67. The van der Waals surface area contributed by atoms with Crippen molar-refractivity contribution < 1.29 is 19.2 Å². The number of aromatic nitrogens is 1. The van der Waals surface area contributed by atoms with Crippen molar-refractivity contribution in [3.63, 3.8) is 0 Å². The van der Waals surface area contributed by atoms with Crippen LogP contribution in [0.15, 0.2) is 53.9 Å². The Morgan fingerprint density at radius 2 is 1.88 bits per heavy atom. The van der Waals surface area contributed by atoms with Gasteiger partial charge in [-0.25, -0.2) is 0 Å². The van der Waals surface area contributed by atoms with Crippen molar-refractivity contribution in [2.45, 2.75) is 19.1 Å². The van der Waals surface area contributed by atoms with Crippen LogP contribution in [0.3, 0.4) is 0 Å². The molecule has 6 rings (SSSR count). The van der Waals surface area contributed by atoms with E-state index in [9.17, 15) is 9.59 Å². The van der Waals surface area contributed by atoms with Gasteiger partial charge in [-0.15, -0.1) is 0 Å². The van der Waals surface area contributed by atoms with Crippen LogP contribution in [0.4, 0.5) is 0 Å². The Morgan fingerprint density at radius 3 is 2.59 bits per heavy atom. The molecular weight excluding hydrogens is 408 g/mol. The highest BCUT2D eigenvalue weighted by Gasteiger charge is 2.70. The predicted molar refractivity (Wildman–Crippen MR) is 111 cm³/mol. The average molecular weight is 428 g/mol. The number of pyridine rings is 1. The number of nitrogens with zero attached hydrogens (tertiary/aromatic N) is 4. The van der Waals surface area contributed by atoms with E-state index in [-0.39, 0.29) is 60.7 Å². The van der Waals surface area contributed by atoms with Crippen LogP contribution in [-0.2, 0) is 21.0 Å². The molecule has 4 aliphatic rings. The standard InChI is InChI=1S/C24H20N4O4/c25-7-9-31-15-5-3-14(4-6-15)21-20-16-10-17(22(20)32-27-21)19-18(16)23(29)28(24(19)30)12-13-2-1-8-26-11-13/h1-6,8,11,16-20,22H,9-10,12H2/t16-,17+,18+,19-,20+,22+/m1/s1. The van der Waals surface area contributed by atoms with Gasteiger partial charge in [-0.2, -0.15) is 5.26 Å². The van der Waals surface area contributed by atoms with Crippen LogP contribution in [0.2, 0.25) is 0 Å². The molecule has 0 N–H and O–H groups in total. The van der Waals surface area contributed by atoms with E-state index >= 15 is 0 Å². The summed E-state index contributed by atoms with van der Waals surface area (Å²) >= 11 is 0. The van der Waals surface area contributed by atoms with E-state index < -0.39 is 0 Å². The minimum absolute atomic E-state index is 0.00205. The minimum atomic E-state index is -0.318. The Kier molecular flexibility index (Phi) is 4.25. The molecule has 1 aromatic carbocycles. The maximum Gasteiger partial charge on any atom is 0.233 e. The average Bonchev–Trinajstić information content (AvgIpc) is 3.56. The molecule has 0 spiro atoms. The fraction of sp³-hybridized carbons (Fsp3) is 0.375. The first-order chi connectivity index (χ1) is 15.7. The van der Waals surface area contributed by atoms with E-state index in [1.54, 1.807) is 24.5 Å². The van der Waals surface area contributed by atoms with Gasteiger partial charge in [0, 0.05) is 29.8 Å². The molecule has 2 aromatic rings. The lowest BCUT2D eigenvalue weighted by Crippen LogP contribution is -2.41. The molecule has 2 aliphatic heterocycles. The number of hydrogen-bond acceptors (Lipinski definition) is 7. The first-order valence-electron chi connectivity index (χ1n) is 10.8. The summed E-state index contributed by atoms with van der Waals surface area (Å²) in [6.45, 7) is 0.256. The lowest BCUT2D eigenvalue weighted by atomic mass is 9.71. The van der Waals surface area contributed by atoms with Crippen molar-refractivity contribution in [1.82, 2.24) is 9.88 Å². The topological polar surface area (TPSA) is 105 Å². The van der Waals surface area contributed by atoms with Crippen LogP contribution in [-0.4, -0.2) is 40.1 Å². The number of carbonyl (C=O) groups is 2. The van der Waals surface area contributed by atoms with E-state index in [1.807, 2.05) is 30.3 Å². The second kappa shape index (κ2) is 7.16. The van der Waals surface area contributed by atoms with Gasteiger partial charge in [-0.3, -0.25) is 19.5 Å². The highest BCUT2D eigenvalue weighted by Crippen LogP contribution is 2.61. The second-order valence-corrected chi connectivity index (χ2v) is 8.78. The number of hydrogen-bond donors (Lipinski definition) is 0. The van der Waals surface area contributed by atoms with E-state index in [0.717, 1.165) is 23.3 Å². The first-order valence-corrected chi connectivity index (χ1v) is 10.8. The van der Waals surface area contributed by atoms with Gasteiger partial charge in [-0.1, -0.05) is 11.2 Å². The van der Waals surface area contributed by atoms with E-state index in [0.29, 0.717) is 5.75 Å². The molecule has 32 heavy (non-hydrogen) atoms. The molecule has 8 heteroatoms. The Labute approximate surface area is 184 Å². The van der Waals surface area contributed by atoms with E-state index in [4.69, 9.17) is 14.8 Å². The monoisotopic (exact) mass is 428 g/mol. The number of oxime groups is 1. The third-order valence-electron chi connectivity index (χ3n) is 7.30. The Morgan fingerprint density at radius 1 is 1.09 bits per heavy atom. The van der Waals surface area contributed by atoms with Gasteiger partial charge in [0.05, 0.1) is 24.1 Å². The number of fused-ring (bicyclic) bond motifs is 8. The number of benzene rings is 1. The van der Waals surface area contributed by atoms with Crippen molar-refractivity contribution >= 4 is 17.5 Å². The fourth-order valence-corrected chi connectivity index (χ4v) is 6.09. The molecule has 3 fully saturated rings. The summed E-state index contributed by atoms with van der Waals surface area (Å²) in [7, 11) is 0. The zero-order valence-electron chi connectivity index (χ0n) is 17.1. The highest BCUT2D eigenvalue weighted by molar-refractivity contribution is 6.08. The smallest absolute Gasteiger partial charge is 0.233 e. The zero-order chi connectivity index (χ0) is 21.8. The summed E-state index contributed by atoms with van der Waals surface area (Å²) in [5, 5.41) is 13.0. The van der Waals surface area contributed by atoms with Crippen LogP contribution in [0.1, 0.15) is 17.5 Å². The summed E-state index contributed by atoms with van der Waals surface area (Å²) in [6, 6.07) is 13.0. The second-order valence-electron chi connectivity index (χ2n) is 8.78. The molecule has 8 nitrogen and oxygen atoms in total. The van der Waals surface area contributed by atoms with Gasteiger partial charge in [0.1, 0.15) is 17.9 Å². The maximum absolute atomic E-state index is 13.3. The van der Waals surface area contributed by atoms with Crippen LogP contribution < -0.4 is 4.74 Å². The van der Waals surface area contributed by atoms with Gasteiger partial charge in [0.15, 0.2) is 6.61 Å². The Balaban J connectivity index is 1.24. The van der Waals surface area contributed by atoms with Gasteiger partial charge in [0.2, 0.25) is 11.8 Å². The van der Waals surface area contributed by atoms with Crippen LogP contribution in [0.25, 0.3) is 0 Å². The number of carbonyl (C=O) groups excluding carboxylic acids is 2. The van der Waals surface area contributed by atoms with Crippen molar-refractivity contribution in [2.24, 2.45) is 34.7 Å². The molecule has 2 amide bonds. The summed E-state index contributed by atoms with van der Waals surface area (Å²) in [5.74, 6) is -0.139. The number of ether oxygens (including phenoxy) is 1. The molecule has 1 aromatic heterocycles. The van der Waals surface area contributed by atoms with Crippen LogP contribution >= 0.6 is 0 Å². The number of nitriles is 1. The quantitative estimate of drug-likeness (QED) is 0.676. The van der Waals surface area contributed by atoms with E-state index in [1.165, 1.54) is 4.90 Å². The third-order valence-corrected chi connectivity index (χ3v) is 7.30. The number of likely N-dealkylation sites (tertiary alicyclic amines) is 1. The number of imide groups is 1. The molecule has 2 aliphatic carbocycles. The molecule has 0 radical (unpaired) electrons. The summed E-state index contributed by atoms with van der Waals surface area (Å²) < 4.78 is 5.33. The van der Waals surface area contributed by atoms with Gasteiger partial charge in [-0.05, 0) is 48.2 Å². The van der Waals surface area contributed by atoms with Gasteiger partial charge >= 0.3 is 0 Å².